The van der Waals surface area contributed by atoms with Gasteiger partial charge in [0.2, 0.25) is 0 Å². The van der Waals surface area contributed by atoms with Crippen molar-refractivity contribution in [3.8, 4) is 0 Å². The van der Waals surface area contributed by atoms with Crippen LogP contribution in [-0.2, 0) is 16.0 Å². The van der Waals surface area contributed by atoms with E-state index in [0.717, 1.165) is 4.90 Å². The van der Waals surface area contributed by atoms with Crippen LogP contribution in [0.1, 0.15) is 47.1 Å². The van der Waals surface area contributed by atoms with Crippen LogP contribution in [0.3, 0.4) is 0 Å². The number of benzene rings is 1. The summed E-state index contributed by atoms with van der Waals surface area (Å²) in [7, 11) is 3.57. The van der Waals surface area contributed by atoms with Gasteiger partial charge in [-0.3, -0.25) is 0 Å². The molecule has 0 aliphatic rings. The quantitative estimate of drug-likeness (QED) is 0.297. The predicted molar refractivity (Wildman–Crippen MR) is 120 cm³/mol. The fourth-order valence-corrected chi connectivity index (χ4v) is 2.47. The van der Waals surface area contributed by atoms with E-state index in [4.69, 9.17) is 15.2 Å². The molecule has 0 aromatic heterocycles. The summed E-state index contributed by atoms with van der Waals surface area (Å²) >= 11 is 0. The van der Waals surface area contributed by atoms with E-state index in [0.29, 0.717) is 11.3 Å². The zero-order valence-electron chi connectivity index (χ0n) is 19.8. The molecule has 1 rings (SSSR count). The highest BCUT2D eigenvalue weighted by molar-refractivity contribution is 5.88. The van der Waals surface area contributed by atoms with Gasteiger partial charge in [-0.2, -0.15) is 0 Å². The lowest BCUT2D eigenvalue weighted by molar-refractivity contribution is -0.525. The number of nitrogens with zero attached hydrogens (tertiary/aromatic N) is 4. The van der Waals surface area contributed by atoms with Crippen LogP contribution in [0.15, 0.2) is 23.2 Å². The number of nitro groups is 1. The number of hydrogen-bond donors (Lipinski definition) is 2. The highest BCUT2D eigenvalue weighted by atomic mass is 16.7. The molecule has 0 aliphatic carbocycles. The summed E-state index contributed by atoms with van der Waals surface area (Å²) in [5.74, 6) is -0.422. The first kappa shape index (κ1) is 26.5. The first-order valence-electron chi connectivity index (χ1n) is 9.77. The molecule has 0 spiro atoms. The van der Waals surface area contributed by atoms with Crippen molar-refractivity contribution in [2.45, 2.75) is 59.3 Å². The molecule has 0 saturated heterocycles. The third kappa shape index (κ3) is 9.06. The van der Waals surface area contributed by atoms with E-state index in [1.807, 2.05) is 0 Å². The third-order valence-corrected chi connectivity index (χ3v) is 3.56. The second kappa shape index (κ2) is 10.2. The molecule has 0 heterocycles. The molecule has 0 unspecified atom stereocenters. The van der Waals surface area contributed by atoms with Crippen LogP contribution < -0.4 is 16.1 Å². The van der Waals surface area contributed by atoms with Crippen molar-refractivity contribution < 1.29 is 24.1 Å². The lowest BCUT2D eigenvalue weighted by atomic mass is 10.1. The van der Waals surface area contributed by atoms with Gasteiger partial charge in [0.15, 0.2) is 5.03 Å². The Morgan fingerprint density at radius 3 is 2.00 bits per heavy atom. The normalized spacial score (nSPS) is 12.1. The second-order valence-electron chi connectivity index (χ2n) is 9.12. The number of aliphatic imine (C=N–C) groups is 1. The fourth-order valence-electron chi connectivity index (χ4n) is 2.47. The number of hydrogen-bond acceptors (Lipinski definition) is 8. The molecule has 12 heteroatoms. The number of nitrogens with one attached hydrogen (secondary N) is 1. The molecule has 1 aromatic carbocycles. The highest BCUT2D eigenvalue weighted by Gasteiger charge is 2.32. The molecule has 12 nitrogen and oxygen atoms in total. The number of guanidine groups is 1. The number of carbonyl (C=O) groups excluding carboxylic acids is 2. The molecule has 0 aliphatic heterocycles. The van der Waals surface area contributed by atoms with Gasteiger partial charge in [0.05, 0.1) is 12.2 Å². The van der Waals surface area contributed by atoms with Crippen LogP contribution in [0.25, 0.3) is 0 Å². The van der Waals surface area contributed by atoms with Crippen LogP contribution in [-0.4, -0.2) is 53.4 Å². The molecule has 3 N–H and O–H groups in total. The van der Waals surface area contributed by atoms with Crippen molar-refractivity contribution in [2.24, 2.45) is 10.7 Å². The zero-order valence-corrected chi connectivity index (χ0v) is 19.8. The zero-order chi connectivity index (χ0) is 24.9. The Balaban J connectivity index is 3.41. The van der Waals surface area contributed by atoms with Crippen molar-refractivity contribution in [3.05, 3.63) is 33.9 Å². The SMILES string of the molecule is CN(C)c1ccc(N=C(N)N[N+](=O)[O-])cc1CN(C(=O)OC(C)(C)C)C(=O)OC(C)(C)C. The lowest BCUT2D eigenvalue weighted by Crippen LogP contribution is -2.43. The van der Waals surface area contributed by atoms with Gasteiger partial charge in [-0.15, -0.1) is 0 Å². The molecule has 0 saturated carbocycles. The standard InChI is InChI=1S/C20H32N6O6/c1-19(2,3)31-17(27)25(18(28)32-20(4,5)6)12-13-11-14(9-10-15(13)24(7)8)22-16(21)23-26(29)30/h9-11H,12H2,1-8H3,(H3,21,22,23). The van der Waals surface area contributed by atoms with Crippen LogP contribution in [0.2, 0.25) is 0 Å². The molecule has 178 valence electrons. The van der Waals surface area contributed by atoms with Crippen molar-refractivity contribution in [2.75, 3.05) is 19.0 Å². The summed E-state index contributed by atoms with van der Waals surface area (Å²) in [4.78, 5) is 42.8. The smallest absolute Gasteiger partial charge is 0.420 e. The predicted octanol–water partition coefficient (Wildman–Crippen LogP) is 3.15. The average molecular weight is 453 g/mol. The Bertz CT molecular complexity index is 858. The van der Waals surface area contributed by atoms with E-state index in [1.54, 1.807) is 84.2 Å². The Morgan fingerprint density at radius 2 is 1.59 bits per heavy atom. The number of amides is 2. The van der Waals surface area contributed by atoms with Crippen molar-refractivity contribution in [3.63, 3.8) is 0 Å². The van der Waals surface area contributed by atoms with Gasteiger partial charge >= 0.3 is 12.2 Å². The molecular weight excluding hydrogens is 420 g/mol. The van der Waals surface area contributed by atoms with E-state index >= 15 is 0 Å². The summed E-state index contributed by atoms with van der Waals surface area (Å²) in [5.41, 5.74) is 7.08. The van der Waals surface area contributed by atoms with Gasteiger partial charge < -0.3 is 20.1 Å². The molecular formula is C20H32N6O6. The number of ether oxygens (including phenoxy) is 2. The fraction of sp³-hybridized carbons (Fsp3) is 0.550. The van der Waals surface area contributed by atoms with Crippen LogP contribution in [0, 0.1) is 10.1 Å². The Hall–Kier alpha value is -3.57. The first-order chi connectivity index (χ1) is 14.5. The molecule has 0 fully saturated rings. The van der Waals surface area contributed by atoms with E-state index in [1.165, 1.54) is 0 Å². The van der Waals surface area contributed by atoms with Gasteiger partial charge in [-0.25, -0.2) is 29.6 Å². The first-order valence-corrected chi connectivity index (χ1v) is 9.77. The lowest BCUT2D eigenvalue weighted by Gasteiger charge is -2.29. The summed E-state index contributed by atoms with van der Waals surface area (Å²) in [5, 5.41) is 9.72. The summed E-state index contributed by atoms with van der Waals surface area (Å²) in [6.07, 6.45) is -1.75. The van der Waals surface area contributed by atoms with Gasteiger partial charge in [0, 0.05) is 19.8 Å². The minimum absolute atomic E-state index is 0.191. The molecule has 32 heavy (non-hydrogen) atoms. The largest absolute Gasteiger partial charge is 0.443 e. The highest BCUT2D eigenvalue weighted by Crippen LogP contribution is 2.27. The number of carbonyl (C=O) groups is 2. The minimum atomic E-state index is -0.875. The third-order valence-electron chi connectivity index (χ3n) is 3.56. The van der Waals surface area contributed by atoms with Gasteiger partial charge in [0.25, 0.3) is 5.96 Å². The maximum Gasteiger partial charge on any atom is 0.420 e. The van der Waals surface area contributed by atoms with E-state index < -0.39 is 34.4 Å². The number of hydrazine groups is 1. The summed E-state index contributed by atoms with van der Waals surface area (Å²) in [6, 6.07) is 4.85. The molecule has 0 radical (unpaired) electrons. The van der Waals surface area contributed by atoms with E-state index in [9.17, 15) is 19.7 Å². The van der Waals surface area contributed by atoms with Crippen molar-refractivity contribution in [1.82, 2.24) is 10.3 Å². The number of imide groups is 1. The van der Waals surface area contributed by atoms with Crippen LogP contribution >= 0.6 is 0 Å². The average Bonchev–Trinajstić information content (AvgIpc) is 2.55. The van der Waals surface area contributed by atoms with Crippen molar-refractivity contribution >= 4 is 29.5 Å². The molecule has 0 bridgehead atoms. The van der Waals surface area contributed by atoms with Crippen LogP contribution in [0.4, 0.5) is 21.0 Å². The van der Waals surface area contributed by atoms with Gasteiger partial charge in [-0.1, -0.05) is 5.43 Å². The summed E-state index contributed by atoms with van der Waals surface area (Å²) < 4.78 is 10.8. The monoisotopic (exact) mass is 452 g/mol. The van der Waals surface area contributed by atoms with Gasteiger partial charge in [0.1, 0.15) is 11.2 Å². The maximum absolute atomic E-state index is 12.8. The maximum atomic E-state index is 12.8. The van der Waals surface area contributed by atoms with E-state index in [2.05, 4.69) is 4.99 Å². The van der Waals surface area contributed by atoms with Crippen LogP contribution in [0.5, 0.6) is 0 Å². The van der Waals surface area contributed by atoms with Gasteiger partial charge in [-0.05, 0) is 65.3 Å². The van der Waals surface area contributed by atoms with E-state index in [-0.39, 0.29) is 12.2 Å². The second-order valence-corrected chi connectivity index (χ2v) is 9.12. The summed E-state index contributed by atoms with van der Waals surface area (Å²) in [6.45, 7) is 9.92. The minimum Gasteiger partial charge on any atom is -0.443 e. The Morgan fingerprint density at radius 1 is 1.09 bits per heavy atom. The Kier molecular flexibility index (Phi) is 8.40. The molecule has 2 amide bonds. The topological polar surface area (TPSA) is 153 Å². The molecule has 1 aromatic rings. The number of anilines is 1. The Labute approximate surface area is 187 Å². The number of nitrogens with two attached hydrogens (primary N) is 1. The number of rotatable bonds is 5. The van der Waals surface area contributed by atoms with Crippen molar-refractivity contribution in [1.29, 1.82) is 0 Å². The molecule has 0 atom stereocenters.